The Kier molecular flexibility index (Phi) is 8.97. The largest absolute Gasteiger partial charge is 0.309 e. The van der Waals surface area contributed by atoms with Crippen molar-refractivity contribution in [3.05, 3.63) is 194 Å². The second-order valence-corrected chi connectivity index (χ2v) is 18.0. The van der Waals surface area contributed by atoms with E-state index in [1.807, 2.05) is 24.3 Å². The molecule has 0 aliphatic rings. The Morgan fingerprint density at radius 2 is 0.923 bits per heavy atom. The summed E-state index contributed by atoms with van der Waals surface area (Å²) < 4.78 is 15.4. The normalized spacial score (nSPS) is 11.8. The van der Waals surface area contributed by atoms with Gasteiger partial charge in [0.15, 0.2) is 0 Å². The van der Waals surface area contributed by atoms with Crippen LogP contribution in [-0.2, 0) is 0 Å². The summed E-state index contributed by atoms with van der Waals surface area (Å²) in [6.45, 7) is 0. The average Bonchev–Trinajstić information content (AvgIpc) is 3.18. The van der Waals surface area contributed by atoms with E-state index in [2.05, 4.69) is 175 Å². The molecule has 8 aromatic rings. The molecule has 0 fully saturated rings. The molecule has 0 atom stereocenters. The van der Waals surface area contributed by atoms with E-state index in [0.29, 0.717) is 5.56 Å². The van der Waals surface area contributed by atoms with Crippen LogP contribution in [0.25, 0.3) is 55.3 Å². The first-order valence-corrected chi connectivity index (χ1v) is 20.4. The molecule has 0 bridgehead atoms. The van der Waals surface area contributed by atoms with Gasteiger partial charge in [-0.2, -0.15) is 0 Å². The maximum absolute atomic E-state index is 15.4. The van der Waals surface area contributed by atoms with Gasteiger partial charge in [-0.3, -0.25) is 0 Å². The van der Waals surface area contributed by atoms with E-state index in [4.69, 9.17) is 0 Å². The minimum absolute atomic E-state index is 0.231. The third-order valence-corrected chi connectivity index (χ3v) is 11.4. The van der Waals surface area contributed by atoms with Crippen molar-refractivity contribution in [2.24, 2.45) is 0 Å². The summed E-state index contributed by atoms with van der Waals surface area (Å²) in [6, 6.07) is 65.3. The SMILES string of the molecule is CS(C)(C)c1cccc(-c2ccc(N(c3ccccc3-c3ccccc3)c3ccccc3-c3cccc4cccc(-c5ccccc5F)c34)cc2)c1. The van der Waals surface area contributed by atoms with Crippen molar-refractivity contribution in [3.63, 3.8) is 0 Å². The smallest absolute Gasteiger partial charge is 0.131 e. The second kappa shape index (κ2) is 14.0. The van der Waals surface area contributed by atoms with Gasteiger partial charge in [0.1, 0.15) is 5.82 Å². The summed E-state index contributed by atoms with van der Waals surface area (Å²) in [5, 5.41) is 2.09. The minimum Gasteiger partial charge on any atom is -0.309 e. The zero-order valence-electron chi connectivity index (χ0n) is 29.6. The molecule has 0 N–H and O–H groups in total. The van der Waals surface area contributed by atoms with E-state index in [1.54, 1.807) is 6.07 Å². The van der Waals surface area contributed by atoms with Gasteiger partial charge in [-0.15, -0.1) is 0 Å². The highest BCUT2D eigenvalue weighted by atomic mass is 32.3. The van der Waals surface area contributed by atoms with Gasteiger partial charge < -0.3 is 4.90 Å². The molecule has 0 unspecified atom stereocenters. The number of hydrogen-bond donors (Lipinski definition) is 0. The van der Waals surface area contributed by atoms with Gasteiger partial charge in [0.05, 0.1) is 11.4 Å². The summed E-state index contributed by atoms with van der Waals surface area (Å²) >= 11 is 0. The van der Waals surface area contributed by atoms with E-state index in [1.165, 1.54) is 22.1 Å². The molecule has 0 aromatic heterocycles. The molecule has 254 valence electrons. The molecule has 0 aliphatic heterocycles. The van der Waals surface area contributed by atoms with Gasteiger partial charge in [0, 0.05) is 22.4 Å². The zero-order chi connectivity index (χ0) is 35.7. The Morgan fingerprint density at radius 3 is 1.60 bits per heavy atom. The van der Waals surface area contributed by atoms with Gasteiger partial charge in [-0.1, -0.05) is 152 Å². The van der Waals surface area contributed by atoms with Crippen molar-refractivity contribution < 1.29 is 4.39 Å². The lowest BCUT2D eigenvalue weighted by Gasteiger charge is -2.30. The molecule has 0 aliphatic carbocycles. The van der Waals surface area contributed by atoms with Crippen LogP contribution in [-0.4, -0.2) is 18.8 Å². The Morgan fingerprint density at radius 1 is 0.404 bits per heavy atom. The zero-order valence-corrected chi connectivity index (χ0v) is 30.4. The number of hydrogen-bond acceptors (Lipinski definition) is 1. The Bertz CT molecular complexity index is 2510. The van der Waals surface area contributed by atoms with Crippen molar-refractivity contribution in [2.45, 2.75) is 4.90 Å². The Hall–Kier alpha value is -5.90. The maximum Gasteiger partial charge on any atom is 0.131 e. The molecule has 0 amide bonds. The van der Waals surface area contributed by atoms with Gasteiger partial charge in [-0.25, -0.2) is 14.4 Å². The Labute approximate surface area is 308 Å². The fourth-order valence-electron chi connectivity index (χ4n) is 7.16. The molecule has 3 heteroatoms. The predicted molar refractivity (Wildman–Crippen MR) is 224 cm³/mol. The first-order valence-electron chi connectivity index (χ1n) is 17.6. The summed E-state index contributed by atoms with van der Waals surface area (Å²) in [5.41, 5.74) is 11.4. The van der Waals surface area contributed by atoms with Crippen molar-refractivity contribution in [1.29, 1.82) is 0 Å². The molecular formula is C49H40FNS. The lowest BCUT2D eigenvalue weighted by Crippen LogP contribution is -2.12. The second-order valence-electron chi connectivity index (χ2n) is 13.8. The predicted octanol–water partition coefficient (Wildman–Crippen LogP) is 14.2. The molecule has 0 saturated heterocycles. The standard InChI is InChI=1S/C49H40FNS/c1-52(2,3)40-21-13-20-38(34-40)35-30-32-39(33-31-35)51(47-28-11-8-22-41(47)36-16-5-4-6-17-36)48-29-12-9-24-43(48)45-26-15-19-37-18-14-25-44(49(37)45)42-23-7-10-27-46(42)50/h4-34H,1-3H3. The monoisotopic (exact) mass is 693 g/mol. The van der Waals surface area contributed by atoms with Crippen LogP contribution in [0.4, 0.5) is 21.5 Å². The fourth-order valence-corrected chi connectivity index (χ4v) is 8.13. The average molecular weight is 694 g/mol. The highest BCUT2D eigenvalue weighted by Gasteiger charge is 2.22. The quantitative estimate of drug-likeness (QED) is 0.153. The molecule has 1 nitrogen and oxygen atoms in total. The summed E-state index contributed by atoms with van der Waals surface area (Å²) in [7, 11) is -0.857. The van der Waals surface area contributed by atoms with Gasteiger partial charge in [-0.05, 0) is 98.7 Å². The number of nitrogens with zero attached hydrogens (tertiary/aromatic N) is 1. The van der Waals surface area contributed by atoms with Gasteiger partial charge in [0.25, 0.3) is 0 Å². The molecule has 0 saturated carbocycles. The lowest BCUT2D eigenvalue weighted by molar-refractivity contribution is 0.631. The number of rotatable bonds is 8. The Balaban J connectivity index is 1.35. The third kappa shape index (κ3) is 6.40. The van der Waals surface area contributed by atoms with E-state index >= 15 is 4.39 Å². The molecule has 0 radical (unpaired) electrons. The highest BCUT2D eigenvalue weighted by Crippen LogP contribution is 2.48. The van der Waals surface area contributed by atoms with Crippen LogP contribution in [0.2, 0.25) is 0 Å². The first-order chi connectivity index (χ1) is 25.4. The molecule has 0 heterocycles. The van der Waals surface area contributed by atoms with E-state index < -0.39 is 10.0 Å². The van der Waals surface area contributed by atoms with Crippen molar-refractivity contribution >= 4 is 37.9 Å². The van der Waals surface area contributed by atoms with Gasteiger partial charge in [0.2, 0.25) is 0 Å². The molecule has 52 heavy (non-hydrogen) atoms. The number of halogens is 1. The van der Waals surface area contributed by atoms with Crippen LogP contribution in [0.5, 0.6) is 0 Å². The van der Waals surface area contributed by atoms with Crippen molar-refractivity contribution in [3.8, 4) is 44.5 Å². The first kappa shape index (κ1) is 33.3. The van der Waals surface area contributed by atoms with Crippen LogP contribution in [0.1, 0.15) is 0 Å². The minimum atomic E-state index is -0.857. The fraction of sp³-hybridized carbons (Fsp3) is 0.0612. The van der Waals surface area contributed by atoms with E-state index in [0.717, 1.165) is 55.7 Å². The van der Waals surface area contributed by atoms with Crippen molar-refractivity contribution in [2.75, 3.05) is 23.7 Å². The molecular weight excluding hydrogens is 654 g/mol. The number of anilines is 3. The summed E-state index contributed by atoms with van der Waals surface area (Å²) in [5.74, 6) is -0.231. The van der Waals surface area contributed by atoms with Crippen LogP contribution in [0.3, 0.4) is 0 Å². The molecule has 0 spiro atoms. The van der Waals surface area contributed by atoms with E-state index in [9.17, 15) is 0 Å². The third-order valence-electron chi connectivity index (χ3n) is 9.73. The number of fused-ring (bicyclic) bond motifs is 1. The molecule has 8 rings (SSSR count). The number of para-hydroxylation sites is 2. The van der Waals surface area contributed by atoms with Crippen molar-refractivity contribution in [1.82, 2.24) is 0 Å². The van der Waals surface area contributed by atoms with Crippen LogP contribution in [0.15, 0.2) is 193 Å². The van der Waals surface area contributed by atoms with Crippen LogP contribution >= 0.6 is 10.0 Å². The number of benzene rings is 8. The van der Waals surface area contributed by atoms with Crippen LogP contribution in [0, 0.1) is 5.82 Å². The summed E-state index contributed by atoms with van der Waals surface area (Å²) in [6.07, 6.45) is 7.01. The lowest BCUT2D eigenvalue weighted by atomic mass is 9.90. The topological polar surface area (TPSA) is 3.24 Å². The van der Waals surface area contributed by atoms with E-state index in [-0.39, 0.29) is 5.82 Å². The summed E-state index contributed by atoms with van der Waals surface area (Å²) in [4.78, 5) is 3.77. The maximum atomic E-state index is 15.4. The molecule has 8 aromatic carbocycles. The highest BCUT2D eigenvalue weighted by molar-refractivity contribution is 8.32. The van der Waals surface area contributed by atoms with Gasteiger partial charge >= 0.3 is 0 Å². The van der Waals surface area contributed by atoms with Crippen LogP contribution < -0.4 is 4.90 Å².